The first-order valence-corrected chi connectivity index (χ1v) is 11.9. The van der Waals surface area contributed by atoms with E-state index in [-0.39, 0.29) is 29.7 Å². The molecule has 0 aliphatic carbocycles. The summed E-state index contributed by atoms with van der Waals surface area (Å²) in [5.41, 5.74) is -0.0428. The molecule has 5 rings (SSSR count). The number of imide groups is 2. The summed E-state index contributed by atoms with van der Waals surface area (Å²) in [6, 6.07) is -1.59. The highest BCUT2D eigenvalue weighted by Gasteiger charge is 2.63. The summed E-state index contributed by atoms with van der Waals surface area (Å²) in [4.78, 5) is 49.2. The van der Waals surface area contributed by atoms with Gasteiger partial charge in [-0.1, -0.05) is 6.92 Å². The lowest BCUT2D eigenvalue weighted by Gasteiger charge is -2.55. The molecule has 11 nitrogen and oxygen atoms in total. The van der Waals surface area contributed by atoms with E-state index in [1.165, 1.54) is 11.3 Å². The number of hydrogen-bond donors (Lipinski definition) is 4. The number of carbonyl (C=O) groups excluding carboxylic acids is 3. The Morgan fingerprint density at radius 3 is 2.65 bits per heavy atom. The molecule has 2 aromatic rings. The van der Waals surface area contributed by atoms with Gasteiger partial charge in [0.15, 0.2) is 5.41 Å². The zero-order chi connectivity index (χ0) is 24.4. The van der Waals surface area contributed by atoms with Gasteiger partial charge < -0.3 is 14.7 Å². The molecule has 3 atom stereocenters. The Morgan fingerprint density at radius 2 is 2.03 bits per heavy atom. The number of hydrogen-bond acceptors (Lipinski definition) is 10. The average molecular weight is 485 g/mol. The van der Waals surface area contributed by atoms with Crippen LogP contribution < -0.4 is 15.5 Å². The summed E-state index contributed by atoms with van der Waals surface area (Å²) in [5, 5.41) is 26.4. The van der Waals surface area contributed by atoms with Gasteiger partial charge in [-0.2, -0.15) is 0 Å². The van der Waals surface area contributed by atoms with Gasteiger partial charge in [0, 0.05) is 30.1 Å². The normalized spacial score (nSPS) is 25.4. The van der Waals surface area contributed by atoms with Crippen molar-refractivity contribution in [2.75, 3.05) is 11.4 Å². The molecule has 1 spiro atoms. The van der Waals surface area contributed by atoms with Gasteiger partial charge in [0.25, 0.3) is 0 Å². The summed E-state index contributed by atoms with van der Waals surface area (Å²) in [7, 11) is 0. The first kappa shape index (κ1) is 22.4. The van der Waals surface area contributed by atoms with Gasteiger partial charge in [-0.05, 0) is 20.3 Å². The van der Waals surface area contributed by atoms with Crippen molar-refractivity contribution >= 4 is 40.6 Å². The number of nitrogens with zero attached hydrogens (tertiary/aromatic N) is 3. The molecule has 4 N–H and O–H groups in total. The van der Waals surface area contributed by atoms with Crippen molar-refractivity contribution in [1.29, 1.82) is 5.41 Å². The first-order valence-electron chi connectivity index (χ1n) is 11.0. The number of aromatic nitrogens is 2. The SMILES string of the molecule is CCc1c(O)c(C(=N)c2nccs2)nc2c1N1C[C@@H](C)O[C@@H](C)C1C1(C2)C(=O)NC(=O)NC1=O. The van der Waals surface area contributed by atoms with Gasteiger partial charge in [-0.15, -0.1) is 11.3 Å². The second-order valence-electron chi connectivity index (χ2n) is 8.78. The monoisotopic (exact) mass is 484 g/mol. The number of amides is 4. The smallest absolute Gasteiger partial charge is 0.328 e. The van der Waals surface area contributed by atoms with E-state index in [9.17, 15) is 19.5 Å². The van der Waals surface area contributed by atoms with Crippen LogP contribution in [0.25, 0.3) is 0 Å². The van der Waals surface area contributed by atoms with Crippen molar-refractivity contribution in [2.24, 2.45) is 5.41 Å². The standard InChI is InChI=1S/C22H24N6O5S/c1-4-11-15-12(25-14(16(11)29)13(23)18-24-5-6-34-18)7-22(19(30)26-21(32)27-20(22)31)17-10(3)33-9(2)8-28(15)17/h5-6,9-10,17,23,29H,4,7-8H2,1-3H3,(H2,26,27,30,31,32)/t9-,10+,17?/m1/s1. The maximum atomic E-state index is 13.3. The number of rotatable bonds is 3. The third-order valence-corrected chi connectivity index (χ3v) is 7.53. The fourth-order valence-corrected chi connectivity index (χ4v) is 6.06. The number of fused-ring (bicyclic) bond motifs is 4. The van der Waals surface area contributed by atoms with Crippen LogP contribution in [0.15, 0.2) is 11.6 Å². The molecule has 0 bridgehead atoms. The number of nitrogens with one attached hydrogen (secondary N) is 3. The van der Waals surface area contributed by atoms with Crippen LogP contribution in [0.4, 0.5) is 10.5 Å². The van der Waals surface area contributed by atoms with E-state index < -0.39 is 35.4 Å². The van der Waals surface area contributed by atoms with E-state index in [0.29, 0.717) is 34.9 Å². The maximum absolute atomic E-state index is 13.3. The predicted octanol–water partition coefficient (Wildman–Crippen LogP) is 1.11. The maximum Gasteiger partial charge on any atom is 0.328 e. The Kier molecular flexibility index (Phi) is 5.17. The predicted molar refractivity (Wildman–Crippen MR) is 122 cm³/mol. The second kappa shape index (κ2) is 7.84. The lowest BCUT2D eigenvalue weighted by Crippen LogP contribution is -2.75. The highest BCUT2D eigenvalue weighted by molar-refractivity contribution is 7.11. The second-order valence-corrected chi connectivity index (χ2v) is 9.68. The third kappa shape index (κ3) is 3.05. The highest BCUT2D eigenvalue weighted by atomic mass is 32.1. The fraction of sp³-hybridized carbons (Fsp3) is 0.455. The summed E-state index contributed by atoms with van der Waals surface area (Å²) in [6.45, 7) is 5.93. The number of anilines is 1. The fourth-order valence-electron chi connectivity index (χ4n) is 5.48. The van der Waals surface area contributed by atoms with Crippen LogP contribution in [0, 0.1) is 10.8 Å². The molecule has 2 saturated heterocycles. The molecule has 3 aliphatic heterocycles. The van der Waals surface area contributed by atoms with Crippen LogP contribution in [0.1, 0.15) is 42.7 Å². The number of ether oxygens (including phenoxy) is 1. The quantitative estimate of drug-likeness (QED) is 0.373. The Morgan fingerprint density at radius 1 is 1.32 bits per heavy atom. The van der Waals surface area contributed by atoms with Crippen molar-refractivity contribution in [3.05, 3.63) is 33.5 Å². The Labute approximate surface area is 199 Å². The van der Waals surface area contributed by atoms with E-state index in [1.54, 1.807) is 18.5 Å². The number of pyridine rings is 1. The largest absolute Gasteiger partial charge is 0.505 e. The molecule has 1 unspecified atom stereocenters. The van der Waals surface area contributed by atoms with Crippen molar-refractivity contribution in [2.45, 2.75) is 51.9 Å². The molecule has 12 heteroatoms. The molecule has 2 aromatic heterocycles. The molecule has 0 saturated carbocycles. The summed E-state index contributed by atoms with van der Waals surface area (Å²) < 4.78 is 6.03. The van der Waals surface area contributed by atoms with E-state index >= 15 is 0 Å². The van der Waals surface area contributed by atoms with Crippen LogP contribution in [0.2, 0.25) is 0 Å². The molecule has 34 heavy (non-hydrogen) atoms. The zero-order valence-electron chi connectivity index (χ0n) is 18.8. The van der Waals surface area contributed by atoms with Gasteiger partial charge >= 0.3 is 6.03 Å². The number of aromatic hydroxyl groups is 1. The van der Waals surface area contributed by atoms with Crippen molar-refractivity contribution in [3.63, 3.8) is 0 Å². The molecule has 3 aliphatic rings. The van der Waals surface area contributed by atoms with Crippen molar-refractivity contribution < 1.29 is 24.2 Å². The van der Waals surface area contributed by atoms with Crippen molar-refractivity contribution in [3.8, 4) is 5.75 Å². The van der Waals surface area contributed by atoms with Crippen LogP contribution in [-0.2, 0) is 27.2 Å². The number of carbonyl (C=O) groups is 3. The Hall–Kier alpha value is -3.38. The van der Waals surface area contributed by atoms with Crippen molar-refractivity contribution in [1.82, 2.24) is 20.6 Å². The number of urea groups is 1. The van der Waals surface area contributed by atoms with Gasteiger partial charge in [0.1, 0.15) is 22.2 Å². The minimum atomic E-state index is -1.67. The van der Waals surface area contributed by atoms with Gasteiger partial charge in [-0.3, -0.25) is 25.6 Å². The molecule has 4 amide bonds. The molecule has 178 valence electrons. The topological polar surface area (TPSA) is 158 Å². The first-order chi connectivity index (χ1) is 16.2. The highest BCUT2D eigenvalue weighted by Crippen LogP contribution is 2.49. The summed E-state index contributed by atoms with van der Waals surface area (Å²) in [6.07, 6.45) is 1.15. The minimum Gasteiger partial charge on any atom is -0.505 e. The summed E-state index contributed by atoms with van der Waals surface area (Å²) in [5.74, 6) is -1.54. The zero-order valence-corrected chi connectivity index (χ0v) is 19.7. The van der Waals surface area contributed by atoms with Crippen LogP contribution in [0.5, 0.6) is 5.75 Å². The molecule has 5 heterocycles. The van der Waals surface area contributed by atoms with Gasteiger partial charge in [0.2, 0.25) is 11.8 Å². The number of thiazole rings is 1. The third-order valence-electron chi connectivity index (χ3n) is 6.74. The van der Waals surface area contributed by atoms with Crippen LogP contribution >= 0.6 is 11.3 Å². The Balaban J connectivity index is 1.75. The lowest BCUT2D eigenvalue weighted by atomic mass is 9.67. The number of barbiturate groups is 1. The molecular formula is C22H24N6O5S. The number of morpholine rings is 1. The van der Waals surface area contributed by atoms with E-state index in [1.807, 2.05) is 18.7 Å². The van der Waals surface area contributed by atoms with Gasteiger partial charge in [-0.25, -0.2) is 14.8 Å². The minimum absolute atomic E-state index is 0.0428. The molecule has 0 aromatic carbocycles. The average Bonchev–Trinajstić information content (AvgIpc) is 3.31. The summed E-state index contributed by atoms with van der Waals surface area (Å²) >= 11 is 1.25. The van der Waals surface area contributed by atoms with E-state index in [4.69, 9.17) is 10.1 Å². The van der Waals surface area contributed by atoms with E-state index in [0.717, 1.165) is 0 Å². The lowest BCUT2D eigenvalue weighted by molar-refractivity contribution is -0.153. The molecular weight excluding hydrogens is 460 g/mol. The van der Waals surface area contributed by atoms with Gasteiger partial charge in [0.05, 0.1) is 29.6 Å². The molecule has 0 radical (unpaired) electrons. The molecule has 2 fully saturated rings. The van der Waals surface area contributed by atoms with Crippen LogP contribution in [-0.4, -0.2) is 63.4 Å². The van der Waals surface area contributed by atoms with Crippen LogP contribution in [0.3, 0.4) is 0 Å². The van der Waals surface area contributed by atoms with E-state index in [2.05, 4.69) is 20.6 Å². The Bertz CT molecular complexity index is 1210.